The number of hydrogen-bond donors (Lipinski definition) is 3. The van der Waals surface area contributed by atoms with E-state index in [9.17, 15) is 14.3 Å². The average molecular weight is 467 g/mol. The number of aliphatic hydroxyl groups excluding tert-OH is 2. The van der Waals surface area contributed by atoms with E-state index >= 15 is 0 Å². The molecule has 1 heterocycles. The van der Waals surface area contributed by atoms with Crippen LogP contribution in [0.4, 0.5) is 10.1 Å². The molecule has 1 atom stereocenters. The van der Waals surface area contributed by atoms with Gasteiger partial charge in [0.2, 0.25) is 5.88 Å². The molecule has 1 fully saturated rings. The van der Waals surface area contributed by atoms with Gasteiger partial charge in [-0.25, -0.2) is 4.39 Å². The van der Waals surface area contributed by atoms with Gasteiger partial charge >= 0.3 is 0 Å². The summed E-state index contributed by atoms with van der Waals surface area (Å²) in [6.07, 6.45) is 2.50. The minimum absolute atomic E-state index is 0.0870. The lowest BCUT2D eigenvalue weighted by molar-refractivity contribution is 0.0518. The van der Waals surface area contributed by atoms with Gasteiger partial charge in [-0.1, -0.05) is 0 Å². The summed E-state index contributed by atoms with van der Waals surface area (Å²) in [7, 11) is 0. The molecular formula is C25H26FN3O5. The van der Waals surface area contributed by atoms with Crippen LogP contribution < -0.4 is 14.8 Å². The molecule has 1 aliphatic carbocycles. The fraction of sp³-hybridized carbons (Fsp3) is 0.320. The summed E-state index contributed by atoms with van der Waals surface area (Å²) in [4.78, 5) is 13.2. The molecule has 0 radical (unpaired) electrons. The van der Waals surface area contributed by atoms with Crippen LogP contribution in [0.5, 0.6) is 17.4 Å². The summed E-state index contributed by atoms with van der Waals surface area (Å²) in [5.74, 6) is 0.597. The Labute approximate surface area is 196 Å². The lowest BCUT2D eigenvalue weighted by Crippen LogP contribution is -2.21. The molecule has 1 aromatic heterocycles. The number of carbonyl (C=O) groups is 1. The third-order valence-electron chi connectivity index (χ3n) is 5.51. The Morgan fingerprint density at radius 3 is 2.68 bits per heavy atom. The number of carbonyl (C=O) groups excluding carboxylic acids is 1. The second kappa shape index (κ2) is 10.1. The lowest BCUT2D eigenvalue weighted by Gasteiger charge is -2.16. The number of aliphatic hydroxyl groups is 2. The van der Waals surface area contributed by atoms with Crippen molar-refractivity contribution >= 4 is 11.6 Å². The van der Waals surface area contributed by atoms with E-state index in [0.29, 0.717) is 34.2 Å². The van der Waals surface area contributed by atoms with Crippen LogP contribution in [0.25, 0.3) is 0 Å². The van der Waals surface area contributed by atoms with Gasteiger partial charge in [0.1, 0.15) is 30.0 Å². The minimum Gasteiger partial charge on any atom is -0.474 e. The van der Waals surface area contributed by atoms with Gasteiger partial charge in [0.25, 0.3) is 5.91 Å². The summed E-state index contributed by atoms with van der Waals surface area (Å²) in [6.45, 7) is 3.09. The van der Waals surface area contributed by atoms with E-state index in [4.69, 9.17) is 14.6 Å². The van der Waals surface area contributed by atoms with E-state index in [0.717, 1.165) is 24.0 Å². The van der Waals surface area contributed by atoms with Crippen molar-refractivity contribution in [2.24, 2.45) is 0 Å². The monoisotopic (exact) mass is 467 g/mol. The predicted molar refractivity (Wildman–Crippen MR) is 123 cm³/mol. The zero-order chi connectivity index (χ0) is 24.2. The van der Waals surface area contributed by atoms with Gasteiger partial charge in [-0.2, -0.15) is 5.10 Å². The third-order valence-corrected chi connectivity index (χ3v) is 5.51. The molecule has 178 valence electrons. The van der Waals surface area contributed by atoms with E-state index in [2.05, 4.69) is 15.5 Å². The molecule has 0 unspecified atom stereocenters. The SMILES string of the molecule is Cc1cc(F)ccc1Oc1cc(C2CC2)c(C)cc1C(=O)Nc1cnnc(OC[C@@H](O)CO)c1. The standard InChI is InChI=1S/C25H26FN3O5/c1-14-8-21(25(32)28-18-9-24(29-27-11-18)33-13-19(31)12-30)23(10-20(14)16-3-4-16)34-22-6-5-17(26)7-15(22)2/h5-11,16,19,30-31H,3-4,12-13H2,1-2H3,(H,28,29,32)/t19-/m0/s1. The first kappa shape index (κ1) is 23.6. The van der Waals surface area contributed by atoms with Crippen LogP contribution in [-0.4, -0.2) is 45.6 Å². The van der Waals surface area contributed by atoms with Crippen molar-refractivity contribution in [3.8, 4) is 17.4 Å². The minimum atomic E-state index is -1.05. The third kappa shape index (κ3) is 5.67. The fourth-order valence-electron chi connectivity index (χ4n) is 3.56. The molecule has 9 heteroatoms. The number of aryl methyl sites for hydroxylation is 2. The number of halogens is 1. The predicted octanol–water partition coefficient (Wildman–Crippen LogP) is 3.89. The highest BCUT2D eigenvalue weighted by molar-refractivity contribution is 6.06. The maximum atomic E-state index is 13.6. The molecule has 3 aromatic rings. The summed E-state index contributed by atoms with van der Waals surface area (Å²) in [6, 6.07) is 9.38. The second-order valence-corrected chi connectivity index (χ2v) is 8.38. The van der Waals surface area contributed by atoms with Crippen LogP contribution in [0.2, 0.25) is 0 Å². The van der Waals surface area contributed by atoms with E-state index < -0.39 is 18.6 Å². The molecule has 1 aliphatic rings. The number of aromatic nitrogens is 2. The quantitative estimate of drug-likeness (QED) is 0.438. The Hall–Kier alpha value is -3.56. The molecule has 0 saturated heterocycles. The number of ether oxygens (including phenoxy) is 2. The topological polar surface area (TPSA) is 114 Å². The van der Waals surface area contributed by atoms with Gasteiger partial charge in [-0.3, -0.25) is 4.79 Å². The zero-order valence-corrected chi connectivity index (χ0v) is 18.9. The van der Waals surface area contributed by atoms with Crippen molar-refractivity contribution in [2.75, 3.05) is 18.5 Å². The van der Waals surface area contributed by atoms with E-state index in [1.54, 1.807) is 19.1 Å². The van der Waals surface area contributed by atoms with Gasteiger partial charge in [0, 0.05) is 6.07 Å². The molecule has 0 bridgehead atoms. The highest BCUT2D eigenvalue weighted by atomic mass is 19.1. The lowest BCUT2D eigenvalue weighted by atomic mass is 10.00. The first-order valence-corrected chi connectivity index (χ1v) is 11.0. The van der Waals surface area contributed by atoms with Crippen LogP contribution in [0.1, 0.15) is 45.8 Å². The fourth-order valence-corrected chi connectivity index (χ4v) is 3.56. The number of amides is 1. The molecule has 2 aromatic carbocycles. The van der Waals surface area contributed by atoms with Gasteiger partial charge in [0.05, 0.1) is 24.1 Å². The highest BCUT2D eigenvalue weighted by Crippen LogP contribution is 2.44. The molecular weight excluding hydrogens is 441 g/mol. The number of hydrogen-bond acceptors (Lipinski definition) is 7. The molecule has 3 N–H and O–H groups in total. The molecule has 0 spiro atoms. The molecule has 1 amide bonds. The van der Waals surface area contributed by atoms with Crippen LogP contribution >= 0.6 is 0 Å². The smallest absolute Gasteiger partial charge is 0.259 e. The Bertz CT molecular complexity index is 1200. The van der Waals surface area contributed by atoms with Crippen molar-refractivity contribution in [1.82, 2.24) is 10.2 Å². The van der Waals surface area contributed by atoms with Crippen molar-refractivity contribution in [3.05, 3.63) is 70.7 Å². The van der Waals surface area contributed by atoms with E-state index in [-0.39, 0.29) is 18.3 Å². The van der Waals surface area contributed by atoms with Gasteiger partial charge < -0.3 is 25.0 Å². The largest absolute Gasteiger partial charge is 0.474 e. The Morgan fingerprint density at radius 1 is 1.18 bits per heavy atom. The first-order chi connectivity index (χ1) is 16.3. The summed E-state index contributed by atoms with van der Waals surface area (Å²) in [5.41, 5.74) is 3.40. The molecule has 4 rings (SSSR count). The maximum Gasteiger partial charge on any atom is 0.259 e. The normalized spacial score (nSPS) is 13.9. The zero-order valence-electron chi connectivity index (χ0n) is 18.9. The van der Waals surface area contributed by atoms with Crippen molar-refractivity contribution < 1.29 is 28.9 Å². The molecule has 0 aliphatic heterocycles. The molecule has 8 nitrogen and oxygen atoms in total. The average Bonchev–Trinajstić information content (AvgIpc) is 3.65. The number of rotatable bonds is 9. The summed E-state index contributed by atoms with van der Waals surface area (Å²) in [5, 5.41) is 28.7. The number of nitrogens with one attached hydrogen (secondary N) is 1. The number of nitrogens with zero attached hydrogens (tertiary/aromatic N) is 2. The summed E-state index contributed by atoms with van der Waals surface area (Å²) < 4.78 is 24.9. The Kier molecular flexibility index (Phi) is 7.04. The van der Waals surface area contributed by atoms with Crippen LogP contribution in [0.3, 0.4) is 0 Å². The van der Waals surface area contributed by atoms with E-state index in [1.165, 1.54) is 24.4 Å². The maximum absolute atomic E-state index is 13.6. The highest BCUT2D eigenvalue weighted by Gasteiger charge is 2.28. The number of anilines is 1. The number of benzene rings is 2. The Morgan fingerprint density at radius 2 is 1.97 bits per heavy atom. The molecule has 34 heavy (non-hydrogen) atoms. The van der Waals surface area contributed by atoms with Crippen molar-refractivity contribution in [1.29, 1.82) is 0 Å². The van der Waals surface area contributed by atoms with Crippen LogP contribution in [-0.2, 0) is 0 Å². The van der Waals surface area contributed by atoms with Crippen molar-refractivity contribution in [2.45, 2.75) is 38.7 Å². The van der Waals surface area contributed by atoms with Gasteiger partial charge in [-0.15, -0.1) is 5.10 Å². The van der Waals surface area contributed by atoms with Crippen LogP contribution in [0.15, 0.2) is 42.6 Å². The summed E-state index contributed by atoms with van der Waals surface area (Å²) >= 11 is 0. The Balaban J connectivity index is 1.60. The van der Waals surface area contributed by atoms with Gasteiger partial charge in [-0.05, 0) is 79.6 Å². The second-order valence-electron chi connectivity index (χ2n) is 8.38. The van der Waals surface area contributed by atoms with Crippen molar-refractivity contribution in [3.63, 3.8) is 0 Å². The van der Waals surface area contributed by atoms with E-state index in [1.807, 2.05) is 13.0 Å². The first-order valence-electron chi connectivity index (χ1n) is 11.0. The van der Waals surface area contributed by atoms with Gasteiger partial charge in [0.15, 0.2) is 0 Å². The molecule has 1 saturated carbocycles. The van der Waals surface area contributed by atoms with Crippen LogP contribution in [0, 0.1) is 19.7 Å².